The highest BCUT2D eigenvalue weighted by Crippen LogP contribution is 2.55. The molecule has 2 saturated carbocycles. The van der Waals surface area contributed by atoms with Crippen molar-refractivity contribution in [2.45, 2.75) is 81.6 Å². The molecule has 0 unspecified atom stereocenters. The zero-order valence-corrected chi connectivity index (χ0v) is 23.7. The third kappa shape index (κ3) is 5.10. The first-order valence-corrected chi connectivity index (χ1v) is 15.0. The van der Waals surface area contributed by atoms with E-state index in [1.54, 1.807) is 17.3 Å². The molecule has 2 aromatic rings. The van der Waals surface area contributed by atoms with Crippen LogP contribution >= 0.6 is 0 Å². The van der Waals surface area contributed by atoms with Gasteiger partial charge in [-0.05, 0) is 38.5 Å². The predicted molar refractivity (Wildman–Crippen MR) is 149 cm³/mol. The SMILES string of the molecule is N=C(OCc1nc(NC2CC2)c2c(n1)N(c1cnc(N3CCOCC3)nc1)C(=O)C21CCCC1)N1CCC[C@@H]1C(F)(F)F. The summed E-state index contributed by atoms with van der Waals surface area (Å²) >= 11 is 0. The standard InChI is InChI=1S/C28H34F3N9O3/c29-28(30,31)19-4-3-9-39(19)25(32)43-16-20-36-22(35-17-5-6-17)21-23(37-20)40(24(41)27(21)7-1-2-8-27)18-14-33-26(34-15-18)38-10-12-42-13-11-38/h14-15,17,19,32H,1-13,16H2,(H,35,36,37)/t19-/m1/s1. The number of amides is 1. The number of carbonyl (C=O) groups is 1. The normalized spacial score (nSPS) is 23.3. The van der Waals surface area contributed by atoms with E-state index in [1.807, 2.05) is 4.90 Å². The molecule has 0 bridgehead atoms. The molecule has 1 atom stereocenters. The van der Waals surface area contributed by atoms with E-state index in [0.717, 1.165) is 36.1 Å². The van der Waals surface area contributed by atoms with Crippen LogP contribution in [0.15, 0.2) is 12.4 Å². The quantitative estimate of drug-likeness (QED) is 0.374. The van der Waals surface area contributed by atoms with Crippen molar-refractivity contribution in [3.63, 3.8) is 0 Å². The first-order chi connectivity index (χ1) is 20.7. The highest BCUT2D eigenvalue weighted by Gasteiger charge is 2.56. The molecule has 2 saturated heterocycles. The smallest absolute Gasteiger partial charge is 0.408 e. The Kier molecular flexibility index (Phi) is 7.01. The third-order valence-electron chi connectivity index (χ3n) is 9.02. The van der Waals surface area contributed by atoms with Gasteiger partial charge in [-0.1, -0.05) is 12.8 Å². The Morgan fingerprint density at radius 2 is 1.79 bits per heavy atom. The molecule has 2 aromatic heterocycles. The van der Waals surface area contributed by atoms with E-state index < -0.39 is 23.7 Å². The fourth-order valence-electron chi connectivity index (χ4n) is 6.71. The Morgan fingerprint density at radius 1 is 1.07 bits per heavy atom. The second kappa shape index (κ2) is 10.8. The lowest BCUT2D eigenvalue weighted by Gasteiger charge is -2.27. The molecule has 15 heteroatoms. The molecule has 5 aliphatic rings. The van der Waals surface area contributed by atoms with E-state index in [9.17, 15) is 18.0 Å². The van der Waals surface area contributed by atoms with Crippen LogP contribution in [0.5, 0.6) is 0 Å². The van der Waals surface area contributed by atoms with Crippen molar-refractivity contribution in [2.24, 2.45) is 0 Å². The molecular formula is C28H34F3N9O3. The van der Waals surface area contributed by atoms with Crippen molar-refractivity contribution < 1.29 is 27.4 Å². The Labute approximate surface area is 246 Å². The Balaban J connectivity index is 1.22. The molecule has 0 radical (unpaired) electrons. The topological polar surface area (TPSA) is 133 Å². The van der Waals surface area contributed by atoms with Crippen molar-refractivity contribution in [1.82, 2.24) is 24.8 Å². The van der Waals surface area contributed by atoms with Crippen LogP contribution in [0.25, 0.3) is 0 Å². The van der Waals surface area contributed by atoms with E-state index in [1.165, 1.54) is 0 Å². The maximum absolute atomic E-state index is 14.3. The van der Waals surface area contributed by atoms with Gasteiger partial charge in [0.25, 0.3) is 6.02 Å². The molecule has 1 spiro atoms. The zero-order valence-electron chi connectivity index (χ0n) is 23.7. The number of hydrogen-bond acceptors (Lipinski definition) is 10. The lowest BCUT2D eigenvalue weighted by atomic mass is 9.80. The number of fused-ring (bicyclic) bond motifs is 2. The second-order valence-corrected chi connectivity index (χ2v) is 11.9. The van der Waals surface area contributed by atoms with Gasteiger partial charge in [-0.25, -0.2) is 19.9 Å². The minimum absolute atomic E-state index is 0.0778. The summed E-state index contributed by atoms with van der Waals surface area (Å²) in [5, 5.41) is 11.7. The number of nitrogens with one attached hydrogen (secondary N) is 2. The number of hydrogen-bond donors (Lipinski definition) is 2. The minimum Gasteiger partial charge on any atom is -0.457 e. The van der Waals surface area contributed by atoms with Gasteiger partial charge in [-0.15, -0.1) is 0 Å². The van der Waals surface area contributed by atoms with Crippen molar-refractivity contribution in [3.8, 4) is 0 Å². The van der Waals surface area contributed by atoms with Gasteiger partial charge in [-0.2, -0.15) is 13.2 Å². The number of aromatic nitrogens is 4. The van der Waals surface area contributed by atoms with Gasteiger partial charge < -0.3 is 24.6 Å². The first-order valence-electron chi connectivity index (χ1n) is 15.0. The lowest BCUT2D eigenvalue weighted by molar-refractivity contribution is -0.169. The summed E-state index contributed by atoms with van der Waals surface area (Å²) in [5.74, 6) is 1.59. The highest BCUT2D eigenvalue weighted by atomic mass is 19.4. The molecule has 43 heavy (non-hydrogen) atoms. The predicted octanol–water partition coefficient (Wildman–Crippen LogP) is 3.65. The van der Waals surface area contributed by atoms with Crippen molar-refractivity contribution in [3.05, 3.63) is 23.8 Å². The highest BCUT2D eigenvalue weighted by molar-refractivity contribution is 6.13. The van der Waals surface area contributed by atoms with Gasteiger partial charge in [0.2, 0.25) is 11.9 Å². The van der Waals surface area contributed by atoms with Gasteiger partial charge in [0.15, 0.2) is 12.4 Å². The number of halogens is 3. The molecule has 7 rings (SSSR count). The molecule has 1 amide bonds. The number of morpholine rings is 1. The van der Waals surface area contributed by atoms with Gasteiger partial charge >= 0.3 is 6.18 Å². The van der Waals surface area contributed by atoms with Crippen molar-refractivity contribution >= 4 is 35.2 Å². The minimum atomic E-state index is -4.45. The maximum Gasteiger partial charge on any atom is 0.408 e. The van der Waals surface area contributed by atoms with Crippen LogP contribution in [0, 0.1) is 5.41 Å². The van der Waals surface area contributed by atoms with E-state index in [-0.39, 0.29) is 37.3 Å². The van der Waals surface area contributed by atoms with Gasteiger partial charge in [0, 0.05) is 25.7 Å². The van der Waals surface area contributed by atoms with Gasteiger partial charge in [-0.3, -0.25) is 15.1 Å². The maximum atomic E-state index is 14.3. The van der Waals surface area contributed by atoms with Crippen LogP contribution in [0.4, 0.5) is 36.4 Å². The van der Waals surface area contributed by atoms with Crippen LogP contribution < -0.4 is 15.1 Å². The van der Waals surface area contributed by atoms with Crippen molar-refractivity contribution in [1.29, 1.82) is 5.41 Å². The van der Waals surface area contributed by atoms with E-state index >= 15 is 0 Å². The summed E-state index contributed by atoms with van der Waals surface area (Å²) in [5.41, 5.74) is 0.444. The summed E-state index contributed by atoms with van der Waals surface area (Å²) in [6.07, 6.45) is 4.12. The molecular weight excluding hydrogens is 567 g/mol. The lowest BCUT2D eigenvalue weighted by Crippen LogP contribution is -2.45. The average molecular weight is 602 g/mol. The van der Waals surface area contributed by atoms with Crippen LogP contribution in [0.3, 0.4) is 0 Å². The molecule has 2 N–H and O–H groups in total. The van der Waals surface area contributed by atoms with Gasteiger partial charge in [0.1, 0.15) is 17.7 Å². The number of likely N-dealkylation sites (tertiary alicyclic amines) is 1. The number of rotatable bonds is 6. The summed E-state index contributed by atoms with van der Waals surface area (Å²) < 4.78 is 51.5. The number of anilines is 4. The summed E-state index contributed by atoms with van der Waals surface area (Å²) in [6, 6.07) is -2.08. The molecule has 0 aromatic carbocycles. The number of carbonyl (C=O) groups excluding carboxylic acids is 1. The number of alkyl halides is 3. The van der Waals surface area contributed by atoms with Crippen LogP contribution in [0.1, 0.15) is 62.8 Å². The average Bonchev–Trinajstić information content (AvgIpc) is 3.38. The van der Waals surface area contributed by atoms with Crippen LogP contribution in [-0.2, 0) is 26.3 Å². The fraction of sp³-hybridized carbons (Fsp3) is 0.643. The fourth-order valence-corrected chi connectivity index (χ4v) is 6.71. The summed E-state index contributed by atoms with van der Waals surface area (Å²) in [6.45, 7) is 2.32. The van der Waals surface area contributed by atoms with Crippen LogP contribution in [-0.4, -0.2) is 87.9 Å². The van der Waals surface area contributed by atoms with E-state index in [0.29, 0.717) is 68.8 Å². The third-order valence-corrected chi connectivity index (χ3v) is 9.02. The Bertz CT molecular complexity index is 1390. The monoisotopic (exact) mass is 601 g/mol. The van der Waals surface area contributed by atoms with E-state index in [4.69, 9.17) is 24.9 Å². The second-order valence-electron chi connectivity index (χ2n) is 11.9. The molecule has 230 valence electrons. The Morgan fingerprint density at radius 3 is 2.47 bits per heavy atom. The number of ether oxygens (including phenoxy) is 2. The molecule has 4 fully saturated rings. The summed E-state index contributed by atoms with van der Waals surface area (Å²) in [7, 11) is 0. The Hall–Kier alpha value is -3.75. The molecule has 5 heterocycles. The zero-order chi connectivity index (χ0) is 29.8. The van der Waals surface area contributed by atoms with Crippen LogP contribution in [0.2, 0.25) is 0 Å². The molecule has 12 nitrogen and oxygen atoms in total. The molecule has 3 aliphatic heterocycles. The molecule has 2 aliphatic carbocycles. The first kappa shape index (κ1) is 28.0. The van der Waals surface area contributed by atoms with E-state index in [2.05, 4.69) is 15.3 Å². The van der Waals surface area contributed by atoms with Gasteiger partial charge in [0.05, 0.1) is 42.3 Å². The summed E-state index contributed by atoms with van der Waals surface area (Å²) in [4.78, 5) is 37.4. The number of amidine groups is 1. The van der Waals surface area contributed by atoms with Crippen molar-refractivity contribution in [2.75, 3.05) is 48.0 Å². The largest absolute Gasteiger partial charge is 0.457 e. The number of nitrogens with zero attached hydrogens (tertiary/aromatic N) is 7.